The van der Waals surface area contributed by atoms with Crippen LogP contribution in [0.1, 0.15) is 70.4 Å². The molecule has 1 saturated heterocycles. The van der Waals surface area contributed by atoms with E-state index >= 15 is 0 Å². The predicted molar refractivity (Wildman–Crippen MR) is 108 cm³/mol. The van der Waals surface area contributed by atoms with Crippen molar-refractivity contribution in [1.29, 1.82) is 0 Å². The van der Waals surface area contributed by atoms with Crippen LogP contribution in [0.3, 0.4) is 0 Å². The van der Waals surface area contributed by atoms with E-state index < -0.39 is 0 Å². The molecular formula is C21H27N3O2S. The first-order chi connectivity index (χ1) is 13.0. The number of amides is 2. The third-order valence-electron chi connectivity index (χ3n) is 5.20. The maximum absolute atomic E-state index is 12.7. The molecule has 2 aromatic rings. The molecule has 0 bridgehead atoms. The lowest BCUT2D eigenvalue weighted by atomic mass is 9.89. The van der Waals surface area contributed by atoms with Crippen molar-refractivity contribution in [1.82, 2.24) is 15.2 Å². The Hall–Kier alpha value is -2.21. The van der Waals surface area contributed by atoms with Crippen LogP contribution in [0.25, 0.3) is 0 Å². The Morgan fingerprint density at radius 3 is 2.67 bits per heavy atom. The number of hydrogen-bond acceptors (Lipinski definition) is 4. The number of likely N-dealkylation sites (tertiary alicyclic amines) is 1. The first-order valence-electron chi connectivity index (χ1n) is 9.60. The number of carbonyl (C=O) groups is 2. The molecule has 0 aromatic carbocycles. The number of pyridine rings is 1. The predicted octanol–water partition coefficient (Wildman–Crippen LogP) is 4.00. The molecule has 27 heavy (non-hydrogen) atoms. The number of aryl methyl sites for hydroxylation is 1. The minimum Gasteiger partial charge on any atom is -0.350 e. The van der Waals surface area contributed by atoms with E-state index in [2.05, 4.69) is 12.2 Å². The van der Waals surface area contributed by atoms with Crippen LogP contribution in [-0.4, -0.2) is 40.8 Å². The van der Waals surface area contributed by atoms with Crippen molar-refractivity contribution in [2.45, 2.75) is 52.0 Å². The number of nitrogens with zero attached hydrogens (tertiary/aromatic N) is 2. The molecule has 0 spiro atoms. The van der Waals surface area contributed by atoms with Gasteiger partial charge in [0.25, 0.3) is 11.8 Å². The molecule has 1 unspecified atom stereocenters. The summed E-state index contributed by atoms with van der Waals surface area (Å²) >= 11 is 1.48. The lowest BCUT2D eigenvalue weighted by Crippen LogP contribution is -2.38. The largest absolute Gasteiger partial charge is 0.350 e. The standard InChI is InChI=1S/C21H27N3O2S/c1-4-14(2)23-20(25)17-8-7-15(3)22-19(17)16-9-11-24(12-10-16)21(26)18-6-5-13-27-18/h5-8,13-14,16H,4,9-12H2,1-3H3,(H,23,25). The number of hydrogen-bond donors (Lipinski definition) is 1. The molecule has 1 aliphatic heterocycles. The van der Waals surface area contributed by atoms with Crippen LogP contribution >= 0.6 is 11.3 Å². The zero-order valence-electron chi connectivity index (χ0n) is 16.2. The number of nitrogens with one attached hydrogen (secondary N) is 1. The summed E-state index contributed by atoms with van der Waals surface area (Å²) in [7, 11) is 0. The van der Waals surface area contributed by atoms with Gasteiger partial charge in [-0.2, -0.15) is 0 Å². The second-order valence-electron chi connectivity index (χ2n) is 7.21. The normalized spacial score (nSPS) is 16.2. The quantitative estimate of drug-likeness (QED) is 0.846. The van der Waals surface area contributed by atoms with Crippen LogP contribution in [0.15, 0.2) is 29.6 Å². The Labute approximate surface area is 164 Å². The molecule has 1 aliphatic rings. The number of rotatable bonds is 5. The van der Waals surface area contributed by atoms with Crippen LogP contribution < -0.4 is 5.32 Å². The summed E-state index contributed by atoms with van der Waals surface area (Å²) in [6, 6.07) is 7.70. The second kappa shape index (κ2) is 8.65. The highest BCUT2D eigenvalue weighted by molar-refractivity contribution is 7.12. The maximum Gasteiger partial charge on any atom is 0.263 e. The van der Waals surface area contributed by atoms with Crippen molar-refractivity contribution in [3.05, 3.63) is 51.5 Å². The highest BCUT2D eigenvalue weighted by atomic mass is 32.1. The first-order valence-corrected chi connectivity index (χ1v) is 10.5. The Kier molecular flexibility index (Phi) is 6.26. The molecule has 5 nitrogen and oxygen atoms in total. The van der Waals surface area contributed by atoms with Gasteiger partial charge in [0.1, 0.15) is 0 Å². The molecule has 6 heteroatoms. The van der Waals surface area contributed by atoms with Crippen molar-refractivity contribution in [3.8, 4) is 0 Å². The van der Waals surface area contributed by atoms with E-state index in [1.807, 2.05) is 48.4 Å². The number of carbonyl (C=O) groups excluding carboxylic acids is 2. The molecule has 144 valence electrons. The minimum absolute atomic E-state index is 0.0519. The van der Waals surface area contributed by atoms with Crippen molar-refractivity contribution in [3.63, 3.8) is 0 Å². The van der Waals surface area contributed by atoms with Gasteiger partial charge in [0.15, 0.2) is 0 Å². The molecule has 0 saturated carbocycles. The molecule has 2 amide bonds. The van der Waals surface area contributed by atoms with Gasteiger partial charge < -0.3 is 10.2 Å². The van der Waals surface area contributed by atoms with Crippen molar-refractivity contribution >= 4 is 23.2 Å². The second-order valence-corrected chi connectivity index (χ2v) is 8.16. The van der Waals surface area contributed by atoms with Gasteiger partial charge in [-0.3, -0.25) is 14.6 Å². The van der Waals surface area contributed by atoms with Gasteiger partial charge >= 0.3 is 0 Å². The van der Waals surface area contributed by atoms with Gasteiger partial charge in [0.05, 0.1) is 16.1 Å². The number of aromatic nitrogens is 1. The van der Waals surface area contributed by atoms with E-state index in [1.54, 1.807) is 0 Å². The zero-order chi connectivity index (χ0) is 19.4. The summed E-state index contributed by atoms with van der Waals surface area (Å²) in [5, 5.41) is 4.98. The monoisotopic (exact) mass is 385 g/mol. The molecule has 2 aromatic heterocycles. The average Bonchev–Trinajstić information content (AvgIpc) is 3.22. The van der Waals surface area contributed by atoms with Gasteiger partial charge in [0, 0.05) is 30.7 Å². The summed E-state index contributed by atoms with van der Waals surface area (Å²) in [5.74, 6) is 0.259. The van der Waals surface area contributed by atoms with Crippen LogP contribution in [0.5, 0.6) is 0 Å². The van der Waals surface area contributed by atoms with Crippen LogP contribution in [0.2, 0.25) is 0 Å². The lowest BCUT2D eigenvalue weighted by molar-refractivity contribution is 0.0715. The van der Waals surface area contributed by atoms with Crippen molar-refractivity contribution in [2.24, 2.45) is 0 Å². The third kappa shape index (κ3) is 4.56. The van der Waals surface area contributed by atoms with Crippen molar-refractivity contribution < 1.29 is 9.59 Å². The summed E-state index contributed by atoms with van der Waals surface area (Å²) < 4.78 is 0. The van der Waals surface area contributed by atoms with Gasteiger partial charge in [-0.25, -0.2) is 0 Å². The van der Waals surface area contributed by atoms with Gasteiger partial charge in [-0.1, -0.05) is 13.0 Å². The molecule has 3 heterocycles. The van der Waals surface area contributed by atoms with Crippen LogP contribution in [-0.2, 0) is 0 Å². The molecular weight excluding hydrogens is 358 g/mol. The number of thiophene rings is 1. The first kappa shape index (κ1) is 19.5. The average molecular weight is 386 g/mol. The maximum atomic E-state index is 12.7. The third-order valence-corrected chi connectivity index (χ3v) is 6.06. The minimum atomic E-state index is -0.0519. The van der Waals surface area contributed by atoms with Crippen LogP contribution in [0.4, 0.5) is 0 Å². The van der Waals surface area contributed by atoms with Crippen molar-refractivity contribution in [2.75, 3.05) is 13.1 Å². The zero-order valence-corrected chi connectivity index (χ0v) is 17.0. The van der Waals surface area contributed by atoms with E-state index in [1.165, 1.54) is 11.3 Å². The number of piperidine rings is 1. The Morgan fingerprint density at radius 2 is 2.04 bits per heavy atom. The topological polar surface area (TPSA) is 62.3 Å². The van der Waals surface area contributed by atoms with E-state index in [9.17, 15) is 9.59 Å². The van der Waals surface area contributed by atoms with Gasteiger partial charge in [-0.05, 0) is 56.7 Å². The van der Waals surface area contributed by atoms with Gasteiger partial charge in [0.2, 0.25) is 0 Å². The van der Waals surface area contributed by atoms with E-state index in [0.717, 1.165) is 35.5 Å². The van der Waals surface area contributed by atoms with E-state index in [-0.39, 0.29) is 23.8 Å². The summed E-state index contributed by atoms with van der Waals surface area (Å²) in [4.78, 5) is 32.7. The molecule has 1 N–H and O–H groups in total. The summed E-state index contributed by atoms with van der Waals surface area (Å²) in [6.07, 6.45) is 2.55. The lowest BCUT2D eigenvalue weighted by Gasteiger charge is -2.32. The molecule has 1 atom stereocenters. The summed E-state index contributed by atoms with van der Waals surface area (Å²) in [6.45, 7) is 7.41. The van der Waals surface area contributed by atoms with Gasteiger partial charge in [-0.15, -0.1) is 11.3 Å². The fourth-order valence-corrected chi connectivity index (χ4v) is 4.09. The summed E-state index contributed by atoms with van der Waals surface area (Å²) in [5.41, 5.74) is 2.46. The van der Waals surface area contributed by atoms with E-state index in [4.69, 9.17) is 4.98 Å². The molecule has 3 rings (SSSR count). The fraction of sp³-hybridized carbons (Fsp3) is 0.476. The molecule has 1 fully saturated rings. The smallest absolute Gasteiger partial charge is 0.263 e. The fourth-order valence-electron chi connectivity index (χ4n) is 3.40. The Bertz CT molecular complexity index is 796. The van der Waals surface area contributed by atoms with E-state index in [0.29, 0.717) is 18.7 Å². The molecule has 0 aliphatic carbocycles. The molecule has 0 radical (unpaired) electrons. The van der Waals surface area contributed by atoms with Crippen LogP contribution in [0, 0.1) is 6.92 Å². The highest BCUT2D eigenvalue weighted by Crippen LogP contribution is 2.30. The Morgan fingerprint density at radius 1 is 1.30 bits per heavy atom. The highest BCUT2D eigenvalue weighted by Gasteiger charge is 2.28. The Balaban J connectivity index is 1.73. The SMILES string of the molecule is CCC(C)NC(=O)c1ccc(C)nc1C1CCN(C(=O)c2cccs2)CC1.